The van der Waals surface area contributed by atoms with Gasteiger partial charge >= 0.3 is 0 Å². The molecule has 0 aromatic heterocycles. The Morgan fingerprint density at radius 2 is 1.80 bits per heavy atom. The fraction of sp³-hybridized carbons (Fsp3) is 1.00. The number of piperidine rings is 1. The van der Waals surface area contributed by atoms with Gasteiger partial charge in [-0.3, -0.25) is 0 Å². The Kier molecular flexibility index (Phi) is 3.60. The van der Waals surface area contributed by atoms with Crippen molar-refractivity contribution in [1.82, 2.24) is 5.32 Å². The molecule has 2 rings (SSSR count). The SMILES string of the molecule is FC(F)(CC1CCCNC1)C1CCCC1. The van der Waals surface area contributed by atoms with Gasteiger partial charge in [-0.25, -0.2) is 8.78 Å². The average Bonchev–Trinajstić information content (AvgIpc) is 2.71. The molecule has 1 atom stereocenters. The van der Waals surface area contributed by atoms with Crippen LogP contribution in [0.5, 0.6) is 0 Å². The highest BCUT2D eigenvalue weighted by Gasteiger charge is 2.42. The van der Waals surface area contributed by atoms with Gasteiger partial charge in [-0.05, 0) is 44.7 Å². The lowest BCUT2D eigenvalue weighted by atomic mass is 9.87. The third kappa shape index (κ3) is 2.90. The molecule has 0 spiro atoms. The van der Waals surface area contributed by atoms with E-state index in [4.69, 9.17) is 0 Å². The fourth-order valence-electron chi connectivity index (χ4n) is 3.00. The summed E-state index contributed by atoms with van der Waals surface area (Å²) in [5.74, 6) is -2.52. The van der Waals surface area contributed by atoms with Crippen LogP contribution < -0.4 is 5.32 Å². The molecular formula is C12H21F2N. The zero-order chi connectivity index (χ0) is 10.7. The van der Waals surface area contributed by atoms with E-state index in [1.165, 1.54) is 0 Å². The standard InChI is InChI=1S/C12H21F2N/c13-12(14,11-5-1-2-6-11)8-10-4-3-7-15-9-10/h10-11,15H,1-9H2. The maximum absolute atomic E-state index is 13.9. The number of alkyl halides is 2. The van der Waals surface area contributed by atoms with Crippen LogP contribution in [0.1, 0.15) is 44.9 Å². The van der Waals surface area contributed by atoms with Gasteiger partial charge in [0.1, 0.15) is 0 Å². The van der Waals surface area contributed by atoms with Crippen molar-refractivity contribution in [3.8, 4) is 0 Å². The van der Waals surface area contributed by atoms with Crippen molar-refractivity contribution < 1.29 is 8.78 Å². The molecule has 3 heteroatoms. The molecule has 88 valence electrons. The van der Waals surface area contributed by atoms with E-state index in [0.29, 0.717) is 0 Å². The summed E-state index contributed by atoms with van der Waals surface area (Å²) < 4.78 is 27.8. The highest BCUT2D eigenvalue weighted by molar-refractivity contribution is 4.85. The monoisotopic (exact) mass is 217 g/mol. The normalized spacial score (nSPS) is 29.6. The second kappa shape index (κ2) is 4.77. The lowest BCUT2D eigenvalue weighted by Gasteiger charge is -2.30. The summed E-state index contributed by atoms with van der Waals surface area (Å²) in [5, 5.41) is 3.21. The predicted octanol–water partition coefficient (Wildman–Crippen LogP) is 3.20. The Labute approximate surface area is 90.6 Å². The van der Waals surface area contributed by atoms with Crippen molar-refractivity contribution in [2.45, 2.75) is 50.9 Å². The van der Waals surface area contributed by atoms with Gasteiger partial charge < -0.3 is 5.32 Å². The van der Waals surface area contributed by atoms with Crippen molar-refractivity contribution in [2.75, 3.05) is 13.1 Å². The molecule has 0 aromatic rings. The molecule has 1 heterocycles. The summed E-state index contributed by atoms with van der Waals surface area (Å²) in [4.78, 5) is 0. The maximum Gasteiger partial charge on any atom is 0.251 e. The Morgan fingerprint density at radius 1 is 1.07 bits per heavy atom. The quantitative estimate of drug-likeness (QED) is 0.765. The van der Waals surface area contributed by atoms with Crippen LogP contribution >= 0.6 is 0 Å². The molecule has 1 saturated carbocycles. The molecule has 1 nitrogen and oxygen atoms in total. The summed E-state index contributed by atoms with van der Waals surface area (Å²) >= 11 is 0. The zero-order valence-electron chi connectivity index (χ0n) is 9.27. The summed E-state index contributed by atoms with van der Waals surface area (Å²) in [7, 11) is 0. The van der Waals surface area contributed by atoms with Crippen LogP contribution in [-0.2, 0) is 0 Å². The Bertz CT molecular complexity index is 194. The van der Waals surface area contributed by atoms with Gasteiger partial charge in [0.25, 0.3) is 5.92 Å². The third-order valence-electron chi connectivity index (χ3n) is 3.91. The second-order valence-electron chi connectivity index (χ2n) is 5.16. The van der Waals surface area contributed by atoms with E-state index in [-0.39, 0.29) is 18.3 Å². The van der Waals surface area contributed by atoms with E-state index in [2.05, 4.69) is 5.32 Å². The summed E-state index contributed by atoms with van der Waals surface area (Å²) in [6, 6.07) is 0. The third-order valence-corrected chi connectivity index (χ3v) is 3.91. The molecule has 2 fully saturated rings. The molecule has 0 aromatic carbocycles. The first kappa shape index (κ1) is 11.3. The summed E-state index contributed by atoms with van der Waals surface area (Å²) in [5.41, 5.74) is 0. The fourth-order valence-corrected chi connectivity index (χ4v) is 3.00. The van der Waals surface area contributed by atoms with Gasteiger partial charge in [-0.1, -0.05) is 12.8 Å². The van der Waals surface area contributed by atoms with Crippen LogP contribution in [0.3, 0.4) is 0 Å². The highest BCUT2D eigenvalue weighted by atomic mass is 19.3. The van der Waals surface area contributed by atoms with Gasteiger partial charge in [-0.2, -0.15) is 0 Å². The zero-order valence-corrected chi connectivity index (χ0v) is 9.27. The molecule has 1 unspecified atom stereocenters. The Hall–Kier alpha value is -0.180. The molecule has 15 heavy (non-hydrogen) atoms. The minimum absolute atomic E-state index is 0.116. The van der Waals surface area contributed by atoms with Gasteiger partial charge in [0.2, 0.25) is 0 Å². The molecule has 0 bridgehead atoms. The van der Waals surface area contributed by atoms with Crippen LogP contribution in [-0.4, -0.2) is 19.0 Å². The molecule has 1 N–H and O–H groups in total. The van der Waals surface area contributed by atoms with Crippen molar-refractivity contribution in [2.24, 2.45) is 11.8 Å². The molecule has 1 saturated heterocycles. The van der Waals surface area contributed by atoms with Crippen LogP contribution in [0.25, 0.3) is 0 Å². The largest absolute Gasteiger partial charge is 0.316 e. The predicted molar refractivity (Wildman–Crippen MR) is 57.1 cm³/mol. The number of hydrogen-bond acceptors (Lipinski definition) is 1. The number of rotatable bonds is 3. The number of halogens is 2. The minimum Gasteiger partial charge on any atom is -0.316 e. The van der Waals surface area contributed by atoms with Crippen molar-refractivity contribution in [1.29, 1.82) is 0 Å². The van der Waals surface area contributed by atoms with Crippen molar-refractivity contribution >= 4 is 0 Å². The topological polar surface area (TPSA) is 12.0 Å². The van der Waals surface area contributed by atoms with E-state index >= 15 is 0 Å². The van der Waals surface area contributed by atoms with Crippen LogP contribution in [0.15, 0.2) is 0 Å². The van der Waals surface area contributed by atoms with Gasteiger partial charge in [-0.15, -0.1) is 0 Å². The Morgan fingerprint density at radius 3 is 2.40 bits per heavy atom. The number of hydrogen-bond donors (Lipinski definition) is 1. The molecule has 2 aliphatic rings. The highest BCUT2D eigenvalue weighted by Crippen LogP contribution is 2.42. The molecule has 1 aliphatic carbocycles. The van der Waals surface area contributed by atoms with E-state index in [0.717, 1.165) is 51.6 Å². The molecule has 0 radical (unpaired) electrons. The van der Waals surface area contributed by atoms with Gasteiger partial charge in [0.15, 0.2) is 0 Å². The lowest BCUT2D eigenvalue weighted by molar-refractivity contribution is -0.0768. The van der Waals surface area contributed by atoms with Crippen LogP contribution in [0.4, 0.5) is 8.78 Å². The van der Waals surface area contributed by atoms with Crippen molar-refractivity contribution in [3.05, 3.63) is 0 Å². The maximum atomic E-state index is 13.9. The first-order chi connectivity index (χ1) is 7.18. The van der Waals surface area contributed by atoms with Gasteiger partial charge in [0.05, 0.1) is 0 Å². The molecular weight excluding hydrogens is 196 g/mol. The molecule has 1 aliphatic heterocycles. The van der Waals surface area contributed by atoms with Crippen LogP contribution in [0.2, 0.25) is 0 Å². The average molecular weight is 217 g/mol. The van der Waals surface area contributed by atoms with Gasteiger partial charge in [0, 0.05) is 12.3 Å². The summed E-state index contributed by atoms with van der Waals surface area (Å²) in [6.45, 7) is 1.80. The first-order valence-electron chi connectivity index (χ1n) is 6.27. The smallest absolute Gasteiger partial charge is 0.251 e. The Balaban J connectivity index is 1.84. The first-order valence-corrected chi connectivity index (χ1v) is 6.27. The minimum atomic E-state index is -2.40. The van der Waals surface area contributed by atoms with Crippen LogP contribution in [0, 0.1) is 11.8 Å². The van der Waals surface area contributed by atoms with E-state index in [9.17, 15) is 8.78 Å². The van der Waals surface area contributed by atoms with E-state index in [1.54, 1.807) is 0 Å². The van der Waals surface area contributed by atoms with E-state index < -0.39 is 5.92 Å². The van der Waals surface area contributed by atoms with Crippen molar-refractivity contribution in [3.63, 3.8) is 0 Å². The summed E-state index contributed by atoms with van der Waals surface area (Å²) in [6.07, 6.45) is 5.65. The number of nitrogens with one attached hydrogen (secondary N) is 1. The second-order valence-corrected chi connectivity index (χ2v) is 5.16. The lowest BCUT2D eigenvalue weighted by Crippen LogP contribution is -2.36. The molecule has 0 amide bonds. The van der Waals surface area contributed by atoms with E-state index in [1.807, 2.05) is 0 Å².